The van der Waals surface area contributed by atoms with Gasteiger partial charge in [0.2, 0.25) is 15.9 Å². The molecule has 2 fully saturated rings. The number of carbonyl (C=O) groups is 1. The number of nitrogens with zero attached hydrogens (tertiary/aromatic N) is 1. The molecule has 0 aromatic heterocycles. The van der Waals surface area contributed by atoms with Crippen LogP contribution in [0.5, 0.6) is 0 Å². The quantitative estimate of drug-likeness (QED) is 0.561. The fraction of sp³-hybridized carbons (Fsp3) is 0.909. The summed E-state index contributed by atoms with van der Waals surface area (Å²) in [6.07, 6.45) is 1.37. The van der Waals surface area contributed by atoms with Gasteiger partial charge in [0, 0.05) is 12.1 Å². The minimum Gasteiger partial charge on any atom is -0.351 e. The van der Waals surface area contributed by atoms with Crippen molar-refractivity contribution >= 4 is 35.6 Å². The molecule has 0 aromatic rings. The Morgan fingerprint density at radius 3 is 2.09 bits per heavy atom. The van der Waals surface area contributed by atoms with E-state index in [0.29, 0.717) is 6.42 Å². The monoisotopic (exact) mass is 388 g/mol. The van der Waals surface area contributed by atoms with Crippen LogP contribution in [0.4, 0.5) is 0 Å². The van der Waals surface area contributed by atoms with E-state index < -0.39 is 54.2 Å². The zero-order valence-corrected chi connectivity index (χ0v) is 15.1. The smallest absolute Gasteiger partial charge is 0.235 e. The molecule has 1 amide bonds. The van der Waals surface area contributed by atoms with Crippen LogP contribution in [0.2, 0.25) is 0 Å². The molecule has 2 rings (SSSR count). The van der Waals surface area contributed by atoms with Crippen molar-refractivity contribution < 1.29 is 30.0 Å². The average Bonchev–Trinajstić information content (AvgIpc) is 2.87. The fourth-order valence-electron chi connectivity index (χ4n) is 2.84. The zero-order valence-electron chi connectivity index (χ0n) is 12.6. The number of nitrogens with one attached hydrogen (secondary N) is 1. The predicted octanol–water partition coefficient (Wildman–Crippen LogP) is -2.26. The van der Waals surface area contributed by atoms with E-state index in [9.17, 15) is 30.0 Å². The van der Waals surface area contributed by atoms with Crippen LogP contribution < -0.4 is 5.32 Å². The van der Waals surface area contributed by atoms with Crippen LogP contribution in [-0.4, -0.2) is 83.4 Å². The minimum absolute atomic E-state index is 0.00535. The molecule has 2 atom stereocenters. The van der Waals surface area contributed by atoms with Gasteiger partial charge in [0.05, 0.1) is 35.8 Å². The maximum atomic E-state index is 12.0. The van der Waals surface area contributed by atoms with Crippen molar-refractivity contribution in [3.8, 4) is 0 Å². The first-order valence-electron chi connectivity index (χ1n) is 7.05. The van der Waals surface area contributed by atoms with Crippen LogP contribution in [0, 0.1) is 0 Å². The fourth-order valence-corrected chi connectivity index (χ4v) is 7.42. The van der Waals surface area contributed by atoms with Crippen molar-refractivity contribution in [1.29, 1.82) is 0 Å². The molecule has 2 heterocycles. The van der Waals surface area contributed by atoms with Gasteiger partial charge in [0.25, 0.3) is 0 Å². The van der Waals surface area contributed by atoms with E-state index in [1.165, 1.54) is 0 Å². The molecule has 9 nitrogen and oxygen atoms in total. The number of hydrogen-bond donors (Lipinski definition) is 1. The van der Waals surface area contributed by atoms with Gasteiger partial charge in [-0.25, -0.2) is 25.3 Å². The second kappa shape index (κ2) is 6.30. The summed E-state index contributed by atoms with van der Waals surface area (Å²) in [6, 6.07) is -1.28. The summed E-state index contributed by atoms with van der Waals surface area (Å²) in [5.74, 6) is -1.19. The molecule has 0 bridgehead atoms. The summed E-state index contributed by atoms with van der Waals surface area (Å²) in [5, 5.41) is 2.51. The van der Waals surface area contributed by atoms with Crippen LogP contribution in [-0.2, 0) is 34.5 Å². The van der Waals surface area contributed by atoms with Gasteiger partial charge in [-0.2, -0.15) is 4.31 Å². The molecule has 2 aliphatic rings. The third-order valence-corrected chi connectivity index (χ3v) is 8.74. The molecule has 23 heavy (non-hydrogen) atoms. The first-order chi connectivity index (χ1) is 10.4. The van der Waals surface area contributed by atoms with Gasteiger partial charge >= 0.3 is 0 Å². The highest BCUT2D eigenvalue weighted by Gasteiger charge is 2.38. The molecule has 2 unspecified atom stereocenters. The Bertz CT molecular complexity index is 785. The summed E-state index contributed by atoms with van der Waals surface area (Å²) in [4.78, 5) is 12.0. The normalized spacial score (nSPS) is 29.7. The average molecular weight is 388 g/mol. The van der Waals surface area contributed by atoms with E-state index in [4.69, 9.17) is 0 Å². The summed E-state index contributed by atoms with van der Waals surface area (Å²) in [6.45, 7) is -0.504. The van der Waals surface area contributed by atoms with Gasteiger partial charge in [-0.1, -0.05) is 0 Å². The van der Waals surface area contributed by atoms with E-state index in [0.717, 1.165) is 10.6 Å². The molecule has 2 saturated heterocycles. The number of amides is 1. The predicted molar refractivity (Wildman–Crippen MR) is 83.8 cm³/mol. The maximum Gasteiger partial charge on any atom is 0.235 e. The zero-order chi connectivity index (χ0) is 17.5. The van der Waals surface area contributed by atoms with Gasteiger partial charge in [-0.05, 0) is 12.8 Å². The standard InChI is InChI=1S/C11H20N2O7S3/c1-21(15,16)13(10-3-5-23(19,20)8-10)6-11(14)12-9-2-4-22(17,18)7-9/h9-10H,2-8H2,1H3,(H,12,14). The largest absolute Gasteiger partial charge is 0.351 e. The SMILES string of the molecule is CS(=O)(=O)N(CC(=O)NC1CCS(=O)(=O)C1)C1CCS(=O)(=O)C1. The van der Waals surface area contributed by atoms with E-state index in [1.807, 2.05) is 0 Å². The van der Waals surface area contributed by atoms with E-state index in [2.05, 4.69) is 5.32 Å². The highest BCUT2D eigenvalue weighted by Crippen LogP contribution is 2.20. The Hall–Kier alpha value is -0.720. The van der Waals surface area contributed by atoms with Crippen LogP contribution in [0.3, 0.4) is 0 Å². The lowest BCUT2D eigenvalue weighted by atomic mass is 10.2. The number of sulfonamides is 1. The number of rotatable bonds is 5. The minimum atomic E-state index is -3.76. The molecule has 1 N–H and O–H groups in total. The highest BCUT2D eigenvalue weighted by atomic mass is 32.2. The van der Waals surface area contributed by atoms with Crippen LogP contribution in [0.25, 0.3) is 0 Å². The molecule has 0 radical (unpaired) electrons. The van der Waals surface area contributed by atoms with Gasteiger partial charge in [0.1, 0.15) is 0 Å². The van der Waals surface area contributed by atoms with Gasteiger partial charge in [-0.15, -0.1) is 0 Å². The summed E-state index contributed by atoms with van der Waals surface area (Å²) >= 11 is 0. The molecule has 134 valence electrons. The lowest BCUT2D eigenvalue weighted by molar-refractivity contribution is -0.122. The third kappa shape index (κ3) is 5.13. The van der Waals surface area contributed by atoms with Crippen molar-refractivity contribution in [2.24, 2.45) is 0 Å². The molecule has 0 spiro atoms. The second-order valence-electron chi connectivity index (χ2n) is 6.03. The van der Waals surface area contributed by atoms with Crippen LogP contribution >= 0.6 is 0 Å². The molecule has 12 heteroatoms. The number of carbonyl (C=O) groups excluding carboxylic acids is 1. The summed E-state index contributed by atoms with van der Waals surface area (Å²) in [5.41, 5.74) is 0. The third-order valence-electron chi connectivity index (χ3n) is 3.94. The van der Waals surface area contributed by atoms with Gasteiger partial charge < -0.3 is 5.32 Å². The Morgan fingerprint density at radius 1 is 1.09 bits per heavy atom. The van der Waals surface area contributed by atoms with Crippen molar-refractivity contribution in [3.63, 3.8) is 0 Å². The highest BCUT2D eigenvalue weighted by molar-refractivity contribution is 7.92. The van der Waals surface area contributed by atoms with Gasteiger partial charge in [-0.3, -0.25) is 4.79 Å². The lowest BCUT2D eigenvalue weighted by Gasteiger charge is -2.25. The van der Waals surface area contributed by atoms with Crippen molar-refractivity contribution in [1.82, 2.24) is 9.62 Å². The Kier molecular flexibility index (Phi) is 5.10. The molecule has 2 aliphatic heterocycles. The lowest BCUT2D eigenvalue weighted by Crippen LogP contribution is -2.48. The Balaban J connectivity index is 2.03. The summed E-state index contributed by atoms with van der Waals surface area (Å²) in [7, 11) is -10.2. The molecule has 0 aliphatic carbocycles. The Morgan fingerprint density at radius 2 is 1.65 bits per heavy atom. The second-order valence-corrected chi connectivity index (χ2v) is 12.4. The van der Waals surface area contributed by atoms with Crippen molar-refractivity contribution in [2.45, 2.75) is 24.9 Å². The van der Waals surface area contributed by atoms with Gasteiger partial charge in [0.15, 0.2) is 19.7 Å². The van der Waals surface area contributed by atoms with E-state index in [1.54, 1.807) is 0 Å². The molecule has 0 saturated carbocycles. The summed E-state index contributed by atoms with van der Waals surface area (Å²) < 4.78 is 70.4. The number of hydrogen-bond acceptors (Lipinski definition) is 7. The van der Waals surface area contributed by atoms with E-state index >= 15 is 0 Å². The van der Waals surface area contributed by atoms with Crippen LogP contribution in [0.1, 0.15) is 12.8 Å². The molecular formula is C11H20N2O7S3. The Labute approximate surface area is 136 Å². The van der Waals surface area contributed by atoms with Crippen LogP contribution in [0.15, 0.2) is 0 Å². The van der Waals surface area contributed by atoms with Crippen molar-refractivity contribution in [3.05, 3.63) is 0 Å². The molecule has 0 aromatic carbocycles. The number of sulfone groups is 2. The first-order valence-corrected chi connectivity index (χ1v) is 12.5. The maximum absolute atomic E-state index is 12.0. The topological polar surface area (TPSA) is 135 Å². The van der Waals surface area contributed by atoms with Crippen molar-refractivity contribution in [2.75, 3.05) is 35.8 Å². The molecular weight excluding hydrogens is 368 g/mol. The van der Waals surface area contributed by atoms with E-state index in [-0.39, 0.29) is 29.4 Å². The first kappa shape index (κ1) is 18.6.